The number of nitrogens with two attached hydrogens (primary N) is 1. The number of ether oxygens (including phenoxy) is 1. The topological polar surface area (TPSA) is 53.1 Å². The Balaban J connectivity index is 2.53. The van der Waals surface area contributed by atoms with Crippen LogP contribution in [0.5, 0.6) is 5.75 Å². The summed E-state index contributed by atoms with van der Waals surface area (Å²) in [5.74, 6) is 2.32. The van der Waals surface area contributed by atoms with E-state index in [9.17, 15) is 0 Å². The molecule has 2 rings (SSSR count). The number of rotatable bonds is 4. The Bertz CT molecular complexity index is 593. The fourth-order valence-corrected chi connectivity index (χ4v) is 2.42. The van der Waals surface area contributed by atoms with Crippen LogP contribution in [-0.2, 0) is 13.0 Å². The second-order valence-electron chi connectivity index (χ2n) is 4.21. The summed E-state index contributed by atoms with van der Waals surface area (Å²) in [5, 5.41) is 0.559. The van der Waals surface area contributed by atoms with Gasteiger partial charge in [0, 0.05) is 18.5 Å². The first-order valence-electron chi connectivity index (χ1n) is 6.31. The normalized spacial score (nSPS) is 10.7. The van der Waals surface area contributed by atoms with E-state index in [0.29, 0.717) is 16.6 Å². The largest absolute Gasteiger partial charge is 0.495 e. The lowest BCUT2D eigenvalue weighted by molar-refractivity contribution is 0.415. The molecular weight excluding hydrogens is 262 g/mol. The van der Waals surface area contributed by atoms with E-state index in [4.69, 9.17) is 22.1 Å². The first-order valence-corrected chi connectivity index (χ1v) is 6.68. The maximum absolute atomic E-state index is 6.17. The highest BCUT2D eigenvalue weighted by atomic mass is 35.5. The Labute approximate surface area is 118 Å². The second kappa shape index (κ2) is 5.53. The third kappa shape index (κ3) is 2.40. The van der Waals surface area contributed by atoms with Crippen molar-refractivity contribution in [2.45, 2.75) is 26.8 Å². The van der Waals surface area contributed by atoms with Gasteiger partial charge in [-0.05, 0) is 25.1 Å². The lowest BCUT2D eigenvalue weighted by atomic mass is 10.1. The summed E-state index contributed by atoms with van der Waals surface area (Å²) < 4.78 is 7.17. The number of benzene rings is 1. The van der Waals surface area contributed by atoms with Crippen molar-refractivity contribution in [2.75, 3.05) is 12.8 Å². The van der Waals surface area contributed by atoms with Crippen molar-refractivity contribution >= 4 is 17.4 Å². The van der Waals surface area contributed by atoms with Gasteiger partial charge in [-0.2, -0.15) is 0 Å². The first-order chi connectivity index (χ1) is 9.12. The fourth-order valence-electron chi connectivity index (χ4n) is 2.16. The number of halogens is 1. The molecule has 19 heavy (non-hydrogen) atoms. The molecule has 0 saturated carbocycles. The molecule has 0 spiro atoms. The number of hydrogen-bond donors (Lipinski definition) is 1. The van der Waals surface area contributed by atoms with Crippen LogP contribution in [0.25, 0.3) is 11.3 Å². The molecule has 1 aromatic heterocycles. The zero-order chi connectivity index (χ0) is 14.0. The molecule has 1 aromatic carbocycles. The molecule has 102 valence electrons. The molecule has 0 aliphatic carbocycles. The van der Waals surface area contributed by atoms with Gasteiger partial charge in [-0.25, -0.2) is 4.98 Å². The Kier molecular flexibility index (Phi) is 4.00. The molecule has 4 nitrogen and oxygen atoms in total. The molecule has 2 aromatic rings. The minimum Gasteiger partial charge on any atom is -0.495 e. The van der Waals surface area contributed by atoms with Crippen LogP contribution in [-0.4, -0.2) is 16.7 Å². The summed E-state index contributed by atoms with van der Waals surface area (Å²) in [5.41, 5.74) is 7.86. The summed E-state index contributed by atoms with van der Waals surface area (Å²) >= 11 is 6.15. The van der Waals surface area contributed by atoms with Gasteiger partial charge in [0.05, 0.1) is 12.1 Å². The van der Waals surface area contributed by atoms with Crippen LogP contribution >= 0.6 is 11.6 Å². The molecule has 0 radical (unpaired) electrons. The van der Waals surface area contributed by atoms with Crippen molar-refractivity contribution < 1.29 is 4.74 Å². The molecule has 5 heteroatoms. The van der Waals surface area contributed by atoms with Crippen molar-refractivity contribution in [1.82, 2.24) is 9.55 Å². The van der Waals surface area contributed by atoms with Gasteiger partial charge >= 0.3 is 0 Å². The monoisotopic (exact) mass is 279 g/mol. The van der Waals surface area contributed by atoms with Crippen molar-refractivity contribution in [3.8, 4) is 17.0 Å². The highest BCUT2D eigenvalue weighted by molar-refractivity contribution is 6.32. The van der Waals surface area contributed by atoms with Crippen LogP contribution in [0.4, 0.5) is 5.82 Å². The summed E-state index contributed by atoms with van der Waals surface area (Å²) in [7, 11) is 1.59. The van der Waals surface area contributed by atoms with E-state index in [1.165, 1.54) is 0 Å². The predicted molar refractivity (Wildman–Crippen MR) is 78.7 cm³/mol. The maximum atomic E-state index is 6.17. The van der Waals surface area contributed by atoms with E-state index in [1.54, 1.807) is 7.11 Å². The summed E-state index contributed by atoms with van der Waals surface area (Å²) in [6.07, 6.45) is 0.849. The molecule has 0 saturated heterocycles. The number of nitrogen functional groups attached to an aromatic ring is 1. The number of aromatic nitrogens is 2. The molecule has 0 aliphatic rings. The fraction of sp³-hybridized carbons (Fsp3) is 0.357. The summed E-state index contributed by atoms with van der Waals surface area (Å²) in [4.78, 5) is 4.60. The zero-order valence-electron chi connectivity index (χ0n) is 11.4. The van der Waals surface area contributed by atoms with Gasteiger partial charge in [0.2, 0.25) is 0 Å². The maximum Gasteiger partial charge on any atom is 0.137 e. The summed E-state index contributed by atoms with van der Waals surface area (Å²) in [6, 6.07) is 5.58. The van der Waals surface area contributed by atoms with Gasteiger partial charge in [-0.3, -0.25) is 0 Å². The molecule has 0 bridgehead atoms. The lowest BCUT2D eigenvalue weighted by Gasteiger charge is -2.06. The number of anilines is 1. The van der Waals surface area contributed by atoms with Crippen LogP contribution in [0.15, 0.2) is 18.2 Å². The average Bonchev–Trinajstić information content (AvgIpc) is 2.74. The van der Waals surface area contributed by atoms with Gasteiger partial charge in [0.25, 0.3) is 0 Å². The number of aryl methyl sites for hydroxylation is 1. The quantitative estimate of drug-likeness (QED) is 0.933. The Hall–Kier alpha value is -1.68. The summed E-state index contributed by atoms with van der Waals surface area (Å²) in [6.45, 7) is 4.94. The van der Waals surface area contributed by atoms with E-state index in [2.05, 4.69) is 18.8 Å². The minimum absolute atomic E-state index is 0.559. The molecule has 0 atom stereocenters. The van der Waals surface area contributed by atoms with Crippen LogP contribution in [0.1, 0.15) is 19.7 Å². The van der Waals surface area contributed by atoms with Crippen LogP contribution < -0.4 is 10.5 Å². The predicted octanol–water partition coefficient (Wildman–Crippen LogP) is 3.38. The van der Waals surface area contributed by atoms with Crippen LogP contribution in [0.3, 0.4) is 0 Å². The van der Waals surface area contributed by atoms with Gasteiger partial charge in [-0.15, -0.1) is 0 Å². The van der Waals surface area contributed by atoms with E-state index >= 15 is 0 Å². The van der Waals surface area contributed by atoms with Crippen molar-refractivity contribution in [3.63, 3.8) is 0 Å². The number of imidazole rings is 1. The molecule has 0 aliphatic heterocycles. The minimum atomic E-state index is 0.559. The van der Waals surface area contributed by atoms with Gasteiger partial charge in [0.15, 0.2) is 0 Å². The van der Waals surface area contributed by atoms with Crippen molar-refractivity contribution in [2.24, 2.45) is 0 Å². The van der Waals surface area contributed by atoms with Crippen molar-refractivity contribution in [1.29, 1.82) is 0 Å². The number of methoxy groups -OCH3 is 1. The Morgan fingerprint density at radius 1 is 1.37 bits per heavy atom. The van der Waals surface area contributed by atoms with Crippen molar-refractivity contribution in [3.05, 3.63) is 29.0 Å². The third-order valence-corrected chi connectivity index (χ3v) is 3.44. The molecule has 2 N–H and O–H groups in total. The second-order valence-corrected chi connectivity index (χ2v) is 4.62. The highest BCUT2D eigenvalue weighted by Crippen LogP contribution is 2.32. The van der Waals surface area contributed by atoms with Gasteiger partial charge in [0.1, 0.15) is 23.1 Å². The first kappa shape index (κ1) is 13.7. The van der Waals surface area contributed by atoms with Gasteiger partial charge < -0.3 is 15.0 Å². The zero-order valence-corrected chi connectivity index (χ0v) is 12.2. The molecule has 1 heterocycles. The van der Waals surface area contributed by atoms with Crippen LogP contribution in [0.2, 0.25) is 5.02 Å². The van der Waals surface area contributed by atoms with E-state index in [0.717, 1.165) is 30.0 Å². The molecule has 0 amide bonds. The van der Waals surface area contributed by atoms with E-state index in [-0.39, 0.29) is 0 Å². The highest BCUT2D eigenvalue weighted by Gasteiger charge is 2.15. The van der Waals surface area contributed by atoms with E-state index < -0.39 is 0 Å². The van der Waals surface area contributed by atoms with Crippen LogP contribution in [0, 0.1) is 0 Å². The molecule has 0 unspecified atom stereocenters. The van der Waals surface area contributed by atoms with E-state index in [1.807, 2.05) is 22.8 Å². The third-order valence-electron chi connectivity index (χ3n) is 3.14. The molecular formula is C14H18ClN3O. The Morgan fingerprint density at radius 2 is 2.11 bits per heavy atom. The number of nitrogens with zero attached hydrogens (tertiary/aromatic N) is 2. The smallest absolute Gasteiger partial charge is 0.137 e. The SMILES string of the molecule is CCc1nc(-c2ccc(OC)c(Cl)c2)c(N)n1CC. The average molecular weight is 280 g/mol. The van der Waals surface area contributed by atoms with Gasteiger partial charge in [-0.1, -0.05) is 18.5 Å². The molecule has 0 fully saturated rings. The standard InChI is InChI=1S/C14H18ClN3O/c1-4-12-17-13(14(16)18(12)5-2)9-6-7-11(19-3)10(15)8-9/h6-8H,4-5,16H2,1-3H3. The number of hydrogen-bond acceptors (Lipinski definition) is 3. The lowest BCUT2D eigenvalue weighted by Crippen LogP contribution is -2.04. The Morgan fingerprint density at radius 3 is 2.58 bits per heavy atom.